The number of carboxylic acids is 1. The van der Waals surface area contributed by atoms with Crippen molar-refractivity contribution in [2.75, 3.05) is 14.1 Å². The van der Waals surface area contributed by atoms with Crippen molar-refractivity contribution in [3.8, 4) is 0 Å². The van der Waals surface area contributed by atoms with Gasteiger partial charge in [-0.05, 0) is 19.4 Å². The molecule has 0 radical (unpaired) electrons. The van der Waals surface area contributed by atoms with E-state index in [0.717, 1.165) is 10.4 Å². The number of hydrogen-bond donors (Lipinski definition) is 2. The molecule has 3 heterocycles. The van der Waals surface area contributed by atoms with Gasteiger partial charge in [-0.25, -0.2) is 4.79 Å². The van der Waals surface area contributed by atoms with E-state index in [1.165, 1.54) is 16.2 Å². The maximum absolute atomic E-state index is 12.2. The van der Waals surface area contributed by atoms with Gasteiger partial charge in [0.15, 0.2) is 0 Å². The summed E-state index contributed by atoms with van der Waals surface area (Å²) in [5.41, 5.74) is 1.53. The lowest BCUT2D eigenvalue weighted by Crippen LogP contribution is -2.61. The Hall–Kier alpha value is -1.77. The average molecular weight is 366 g/mol. The zero-order chi connectivity index (χ0) is 17.8. The standard InChI is InChI=1S/C16H18N2O4S2/c1-7(19)12-10-5-9(13(16(21)22)18(10)14(12)20)11-4-8(6-24-11)15(23)17(2)3/h4,6-7,10,12,19H,5H2,1-3H3,(H,21,22). The zero-order valence-corrected chi connectivity index (χ0v) is 15.1. The number of hydrogen-bond acceptors (Lipinski definition) is 5. The molecule has 0 saturated carbocycles. The molecule has 8 heteroatoms. The van der Waals surface area contributed by atoms with Gasteiger partial charge in [-0.2, -0.15) is 0 Å². The minimum Gasteiger partial charge on any atom is -0.477 e. The minimum atomic E-state index is -1.12. The summed E-state index contributed by atoms with van der Waals surface area (Å²) in [6.45, 7) is 1.57. The molecule has 128 valence electrons. The third-order valence-corrected chi connectivity index (χ3v) is 6.07. The number of rotatable bonds is 4. The Morgan fingerprint density at radius 2 is 2.17 bits per heavy atom. The molecule has 3 unspecified atom stereocenters. The number of amides is 1. The van der Waals surface area contributed by atoms with Crippen LogP contribution in [0.15, 0.2) is 17.1 Å². The molecule has 0 aromatic carbocycles. The Labute approximate surface area is 149 Å². The fourth-order valence-electron chi connectivity index (χ4n) is 3.35. The van der Waals surface area contributed by atoms with Crippen LogP contribution in [0.25, 0.3) is 5.57 Å². The summed E-state index contributed by atoms with van der Waals surface area (Å²) in [4.78, 5) is 28.5. The minimum absolute atomic E-state index is 0.0334. The molecular weight excluding hydrogens is 348 g/mol. The van der Waals surface area contributed by atoms with E-state index in [1.54, 1.807) is 6.92 Å². The number of nitrogens with zero attached hydrogens (tertiary/aromatic N) is 2. The average Bonchev–Trinajstić information content (AvgIpc) is 3.07. The quantitative estimate of drug-likeness (QED) is 0.619. The zero-order valence-electron chi connectivity index (χ0n) is 13.5. The largest absolute Gasteiger partial charge is 0.477 e. The Bertz CT molecular complexity index is 766. The van der Waals surface area contributed by atoms with Gasteiger partial charge in [-0.3, -0.25) is 4.79 Å². The Balaban J connectivity index is 1.97. The second-order valence-corrected chi connectivity index (χ2v) is 7.58. The molecule has 2 aliphatic heterocycles. The van der Waals surface area contributed by atoms with E-state index in [4.69, 9.17) is 12.2 Å². The first kappa shape index (κ1) is 17.1. The summed E-state index contributed by atoms with van der Waals surface area (Å²) in [7, 11) is 3.71. The second-order valence-electron chi connectivity index (χ2n) is 6.28. The summed E-state index contributed by atoms with van der Waals surface area (Å²) in [5, 5.41) is 21.2. The Kier molecular flexibility index (Phi) is 4.23. The number of carboxylic acid groups (broad SMARTS) is 1. The van der Waals surface area contributed by atoms with Crippen molar-refractivity contribution in [1.29, 1.82) is 0 Å². The fourth-order valence-corrected chi connectivity index (χ4v) is 4.50. The van der Waals surface area contributed by atoms with Crippen molar-refractivity contribution in [3.05, 3.63) is 27.6 Å². The van der Waals surface area contributed by atoms with Crippen LogP contribution in [0.4, 0.5) is 0 Å². The second kappa shape index (κ2) is 5.94. The van der Waals surface area contributed by atoms with Crippen LogP contribution >= 0.6 is 23.6 Å². The normalized spacial score (nSPS) is 23.8. The van der Waals surface area contributed by atoms with Gasteiger partial charge in [0.2, 0.25) is 5.91 Å². The number of aliphatic carboxylic acids is 1. The fraction of sp³-hybridized carbons (Fsp3) is 0.438. The van der Waals surface area contributed by atoms with E-state index in [0.29, 0.717) is 17.0 Å². The van der Waals surface area contributed by atoms with Crippen molar-refractivity contribution in [2.45, 2.75) is 25.5 Å². The molecule has 6 nitrogen and oxygen atoms in total. The molecule has 24 heavy (non-hydrogen) atoms. The number of thiophene rings is 1. The van der Waals surface area contributed by atoms with Crippen LogP contribution in [0.2, 0.25) is 0 Å². The first-order valence-electron chi connectivity index (χ1n) is 7.52. The smallest absolute Gasteiger partial charge is 0.352 e. The highest BCUT2D eigenvalue weighted by Crippen LogP contribution is 2.47. The summed E-state index contributed by atoms with van der Waals surface area (Å²) >= 11 is 6.77. The molecule has 1 aromatic rings. The molecule has 0 spiro atoms. The maximum Gasteiger partial charge on any atom is 0.352 e. The predicted octanol–water partition coefficient (Wildman–Crippen LogP) is 1.39. The maximum atomic E-state index is 12.2. The highest BCUT2D eigenvalue weighted by molar-refractivity contribution is 7.80. The molecule has 1 fully saturated rings. The Morgan fingerprint density at radius 1 is 1.50 bits per heavy atom. The summed E-state index contributed by atoms with van der Waals surface area (Å²) in [6, 6.07) is 1.60. The van der Waals surface area contributed by atoms with Gasteiger partial charge in [-0.15, -0.1) is 11.3 Å². The van der Waals surface area contributed by atoms with Gasteiger partial charge >= 0.3 is 5.97 Å². The van der Waals surface area contributed by atoms with Crippen LogP contribution in [-0.2, 0) is 9.59 Å². The molecule has 0 aliphatic carbocycles. The van der Waals surface area contributed by atoms with Gasteiger partial charge in [0, 0.05) is 35.5 Å². The molecule has 2 aliphatic rings. The van der Waals surface area contributed by atoms with Crippen LogP contribution in [0.3, 0.4) is 0 Å². The number of aliphatic hydroxyl groups excluding tert-OH is 1. The monoisotopic (exact) mass is 366 g/mol. The van der Waals surface area contributed by atoms with Crippen molar-refractivity contribution < 1.29 is 19.8 Å². The number of carbonyl (C=O) groups excluding carboxylic acids is 1. The topological polar surface area (TPSA) is 81.1 Å². The number of thiocarbonyl (C=S) groups is 1. The third kappa shape index (κ3) is 2.45. The first-order chi connectivity index (χ1) is 11.2. The highest BCUT2D eigenvalue weighted by atomic mass is 32.1. The SMILES string of the molecule is CC(O)C1C(=O)N2C(C(=O)O)=C(c3cc(C(=S)N(C)C)cs3)CC12. The molecule has 3 atom stereocenters. The molecule has 1 aromatic heterocycles. The van der Waals surface area contributed by atoms with E-state index in [-0.39, 0.29) is 17.6 Å². The molecule has 1 saturated heterocycles. The van der Waals surface area contributed by atoms with Crippen molar-refractivity contribution in [3.63, 3.8) is 0 Å². The Morgan fingerprint density at radius 3 is 2.71 bits per heavy atom. The van der Waals surface area contributed by atoms with Crippen LogP contribution < -0.4 is 0 Å². The molecule has 2 N–H and O–H groups in total. The van der Waals surface area contributed by atoms with E-state index >= 15 is 0 Å². The molecule has 3 rings (SSSR count). The highest BCUT2D eigenvalue weighted by Gasteiger charge is 2.56. The summed E-state index contributed by atoms with van der Waals surface area (Å²) < 4.78 is 0. The number of carbonyl (C=O) groups is 2. The van der Waals surface area contributed by atoms with Crippen LogP contribution in [0.1, 0.15) is 23.8 Å². The van der Waals surface area contributed by atoms with Crippen molar-refractivity contribution in [1.82, 2.24) is 9.80 Å². The molecular formula is C16H18N2O4S2. The van der Waals surface area contributed by atoms with Crippen molar-refractivity contribution in [2.24, 2.45) is 5.92 Å². The van der Waals surface area contributed by atoms with Gasteiger partial charge < -0.3 is 20.0 Å². The van der Waals surface area contributed by atoms with Gasteiger partial charge in [-0.1, -0.05) is 12.2 Å². The summed E-state index contributed by atoms with van der Waals surface area (Å²) in [5.74, 6) is -1.96. The number of β-lactam (4-membered cyclic amide) rings is 1. The van der Waals surface area contributed by atoms with Crippen LogP contribution in [0, 0.1) is 5.92 Å². The third-order valence-electron chi connectivity index (χ3n) is 4.48. The summed E-state index contributed by atoms with van der Waals surface area (Å²) in [6.07, 6.45) is -0.342. The van der Waals surface area contributed by atoms with E-state index in [9.17, 15) is 19.8 Å². The lowest BCUT2D eigenvalue weighted by molar-refractivity contribution is -0.161. The van der Waals surface area contributed by atoms with Crippen molar-refractivity contribution >= 4 is 46.0 Å². The van der Waals surface area contributed by atoms with Gasteiger partial charge in [0.25, 0.3) is 0 Å². The van der Waals surface area contributed by atoms with Gasteiger partial charge in [0.1, 0.15) is 10.7 Å². The number of aliphatic hydroxyl groups is 1. The molecule has 1 amide bonds. The predicted molar refractivity (Wildman–Crippen MR) is 94.7 cm³/mol. The lowest BCUT2D eigenvalue weighted by atomic mass is 9.83. The van der Waals surface area contributed by atoms with Crippen LogP contribution in [0.5, 0.6) is 0 Å². The van der Waals surface area contributed by atoms with E-state index in [2.05, 4.69) is 0 Å². The first-order valence-corrected chi connectivity index (χ1v) is 8.81. The lowest BCUT2D eigenvalue weighted by Gasteiger charge is -2.44. The van der Waals surface area contributed by atoms with E-state index in [1.807, 2.05) is 30.4 Å². The van der Waals surface area contributed by atoms with Gasteiger partial charge in [0.05, 0.1) is 18.1 Å². The van der Waals surface area contributed by atoms with Crippen LogP contribution in [-0.4, -0.2) is 63.1 Å². The van der Waals surface area contributed by atoms with E-state index < -0.39 is 18.0 Å². The molecule has 0 bridgehead atoms. The number of fused-ring (bicyclic) bond motifs is 1.